The second-order valence-corrected chi connectivity index (χ2v) is 13.6. The summed E-state index contributed by atoms with van der Waals surface area (Å²) < 4.78 is 13.8. The molecule has 2 saturated heterocycles. The number of halogens is 2. The molecule has 0 bridgehead atoms. The van der Waals surface area contributed by atoms with Crippen molar-refractivity contribution in [3.05, 3.63) is 82.6 Å². The zero-order chi connectivity index (χ0) is 31.1. The van der Waals surface area contributed by atoms with Crippen LogP contribution in [0.5, 0.6) is 0 Å². The van der Waals surface area contributed by atoms with Crippen molar-refractivity contribution in [3.8, 4) is 11.1 Å². The van der Waals surface area contributed by atoms with Gasteiger partial charge in [-0.1, -0.05) is 42.8 Å². The van der Waals surface area contributed by atoms with Crippen LogP contribution in [0.2, 0.25) is 5.02 Å². The van der Waals surface area contributed by atoms with E-state index < -0.39 is 6.04 Å². The SMILES string of the molecule is CCSc1cc(F)ccc1CN1CCN(C(=O)[C@H](N)C2CCN(CCc3cc(Cl)ccc3-c3cccc(NC)c3)CC2)CC1. The number of anilines is 1. The molecule has 44 heavy (non-hydrogen) atoms. The van der Waals surface area contributed by atoms with E-state index in [-0.39, 0.29) is 17.6 Å². The van der Waals surface area contributed by atoms with E-state index in [9.17, 15) is 9.18 Å². The molecule has 0 aliphatic carbocycles. The number of amides is 1. The molecule has 0 saturated carbocycles. The van der Waals surface area contributed by atoms with Crippen LogP contribution in [0.4, 0.5) is 10.1 Å². The topological polar surface area (TPSA) is 64.8 Å². The lowest BCUT2D eigenvalue weighted by Gasteiger charge is -2.39. The molecule has 9 heteroatoms. The Labute approximate surface area is 271 Å². The van der Waals surface area contributed by atoms with Gasteiger partial charge in [-0.15, -0.1) is 11.8 Å². The fourth-order valence-electron chi connectivity index (χ4n) is 6.44. The first-order valence-corrected chi connectivity index (χ1v) is 17.2. The molecule has 1 amide bonds. The van der Waals surface area contributed by atoms with Crippen molar-refractivity contribution in [2.24, 2.45) is 11.7 Å². The predicted octanol–water partition coefficient (Wildman–Crippen LogP) is 6.23. The lowest BCUT2D eigenvalue weighted by molar-refractivity contribution is -0.136. The minimum absolute atomic E-state index is 0.0829. The molecule has 0 unspecified atom stereocenters. The van der Waals surface area contributed by atoms with Gasteiger partial charge in [0, 0.05) is 61.9 Å². The smallest absolute Gasteiger partial charge is 0.239 e. The van der Waals surface area contributed by atoms with Crippen molar-refractivity contribution in [1.29, 1.82) is 0 Å². The zero-order valence-electron chi connectivity index (χ0n) is 25.9. The van der Waals surface area contributed by atoms with Crippen molar-refractivity contribution in [2.75, 3.05) is 63.9 Å². The Bertz CT molecular complexity index is 1410. The summed E-state index contributed by atoms with van der Waals surface area (Å²) in [5.74, 6) is 1.00. The number of thioether (sulfide) groups is 1. The number of rotatable bonds is 11. The number of hydrogen-bond acceptors (Lipinski definition) is 6. The molecular weight excluding hydrogens is 593 g/mol. The second-order valence-electron chi connectivity index (χ2n) is 11.9. The highest BCUT2D eigenvalue weighted by Crippen LogP contribution is 2.30. The molecule has 0 aromatic heterocycles. The average Bonchev–Trinajstić information content (AvgIpc) is 3.05. The van der Waals surface area contributed by atoms with Crippen LogP contribution in [0.1, 0.15) is 30.9 Å². The van der Waals surface area contributed by atoms with Gasteiger partial charge in [-0.3, -0.25) is 9.69 Å². The van der Waals surface area contributed by atoms with Crippen LogP contribution in [0.15, 0.2) is 65.6 Å². The number of piperazine rings is 1. The number of nitrogens with one attached hydrogen (secondary N) is 1. The van der Waals surface area contributed by atoms with Gasteiger partial charge in [0.25, 0.3) is 0 Å². The quantitative estimate of drug-likeness (QED) is 0.243. The number of nitrogens with zero attached hydrogens (tertiary/aromatic N) is 3. The van der Waals surface area contributed by atoms with Gasteiger partial charge >= 0.3 is 0 Å². The van der Waals surface area contributed by atoms with Crippen LogP contribution in [-0.4, -0.2) is 85.3 Å². The molecule has 2 aliphatic rings. The van der Waals surface area contributed by atoms with Gasteiger partial charge in [0.05, 0.1) is 6.04 Å². The summed E-state index contributed by atoms with van der Waals surface area (Å²) in [5, 5.41) is 3.98. The molecule has 0 spiro atoms. The van der Waals surface area contributed by atoms with Crippen molar-refractivity contribution in [3.63, 3.8) is 0 Å². The monoisotopic (exact) mass is 637 g/mol. The van der Waals surface area contributed by atoms with Gasteiger partial charge in [0.2, 0.25) is 5.91 Å². The number of hydrogen-bond donors (Lipinski definition) is 2. The second kappa shape index (κ2) is 15.6. The third kappa shape index (κ3) is 8.34. The summed E-state index contributed by atoms with van der Waals surface area (Å²) in [4.78, 5) is 21.2. The fraction of sp³-hybridized carbons (Fsp3) is 0.457. The summed E-state index contributed by atoms with van der Waals surface area (Å²) in [6, 6.07) is 19.2. The average molecular weight is 638 g/mol. The molecule has 2 aliphatic heterocycles. The molecule has 3 aromatic rings. The van der Waals surface area contributed by atoms with E-state index >= 15 is 0 Å². The minimum atomic E-state index is -0.452. The summed E-state index contributed by atoms with van der Waals surface area (Å²) in [6.07, 6.45) is 2.78. The highest BCUT2D eigenvalue weighted by atomic mass is 35.5. The normalized spacial score (nSPS) is 17.5. The van der Waals surface area contributed by atoms with E-state index in [1.165, 1.54) is 22.8 Å². The van der Waals surface area contributed by atoms with Gasteiger partial charge in [-0.25, -0.2) is 4.39 Å². The van der Waals surface area contributed by atoms with E-state index in [0.29, 0.717) is 13.1 Å². The third-order valence-electron chi connectivity index (χ3n) is 9.06. The number of carbonyl (C=O) groups is 1. The molecule has 3 aromatic carbocycles. The molecule has 3 N–H and O–H groups in total. The van der Waals surface area contributed by atoms with Crippen LogP contribution in [0.25, 0.3) is 11.1 Å². The molecule has 5 rings (SSSR count). The number of carbonyl (C=O) groups excluding carboxylic acids is 1. The maximum absolute atomic E-state index is 13.8. The van der Waals surface area contributed by atoms with E-state index in [1.54, 1.807) is 17.8 Å². The Morgan fingerprint density at radius 1 is 1.00 bits per heavy atom. The number of likely N-dealkylation sites (tertiary alicyclic amines) is 1. The summed E-state index contributed by atoms with van der Waals surface area (Å²) in [7, 11) is 1.94. The van der Waals surface area contributed by atoms with Gasteiger partial charge < -0.3 is 20.9 Å². The lowest BCUT2D eigenvalue weighted by Crippen LogP contribution is -2.55. The molecule has 236 valence electrons. The Hall–Kier alpha value is -2.62. The first-order chi connectivity index (χ1) is 21.3. The first kappa shape index (κ1) is 32.8. The highest BCUT2D eigenvalue weighted by Gasteiger charge is 2.32. The van der Waals surface area contributed by atoms with Crippen LogP contribution < -0.4 is 11.1 Å². The van der Waals surface area contributed by atoms with E-state index in [0.717, 1.165) is 85.5 Å². The summed E-state index contributed by atoms with van der Waals surface area (Å²) >= 11 is 8.08. The third-order valence-corrected chi connectivity index (χ3v) is 10.3. The van der Waals surface area contributed by atoms with Gasteiger partial charge in [0.1, 0.15) is 5.82 Å². The standard InChI is InChI=1S/C35H45ClFN5OS/c1-3-44-33-23-30(37)9-7-28(33)24-41-17-19-42(20-18-41)35(43)34(38)25-11-14-40(15-12-25)16-13-27-21-29(36)8-10-32(27)26-5-4-6-31(22-26)39-2/h4-10,21-23,25,34,39H,3,11-20,24,38H2,1-2H3/t34-/m1/s1. The van der Waals surface area contributed by atoms with Crippen molar-refractivity contribution < 1.29 is 9.18 Å². The highest BCUT2D eigenvalue weighted by molar-refractivity contribution is 7.99. The van der Waals surface area contributed by atoms with Crippen molar-refractivity contribution >= 4 is 35.0 Å². The number of nitrogens with two attached hydrogens (primary N) is 1. The Morgan fingerprint density at radius 3 is 2.50 bits per heavy atom. The van der Waals surface area contributed by atoms with Crippen LogP contribution in [-0.2, 0) is 17.8 Å². The largest absolute Gasteiger partial charge is 0.388 e. The summed E-state index contributed by atoms with van der Waals surface area (Å²) in [5.41, 5.74) is 12.5. The predicted molar refractivity (Wildman–Crippen MR) is 182 cm³/mol. The maximum Gasteiger partial charge on any atom is 0.239 e. The molecule has 0 radical (unpaired) electrons. The Kier molecular flexibility index (Phi) is 11.6. The van der Waals surface area contributed by atoms with Crippen molar-refractivity contribution in [2.45, 2.75) is 43.7 Å². The minimum Gasteiger partial charge on any atom is -0.388 e. The lowest BCUT2D eigenvalue weighted by atomic mass is 9.88. The van der Waals surface area contributed by atoms with E-state index in [4.69, 9.17) is 17.3 Å². The van der Waals surface area contributed by atoms with Crippen LogP contribution >= 0.6 is 23.4 Å². The van der Waals surface area contributed by atoms with Gasteiger partial charge in [-0.2, -0.15) is 0 Å². The van der Waals surface area contributed by atoms with Crippen LogP contribution in [0, 0.1) is 11.7 Å². The Balaban J connectivity index is 1.09. The van der Waals surface area contributed by atoms with E-state index in [2.05, 4.69) is 58.4 Å². The molecule has 6 nitrogen and oxygen atoms in total. The number of benzene rings is 3. The van der Waals surface area contributed by atoms with E-state index in [1.807, 2.05) is 24.1 Å². The van der Waals surface area contributed by atoms with Crippen LogP contribution in [0.3, 0.4) is 0 Å². The fourth-order valence-corrected chi connectivity index (χ4v) is 7.46. The Morgan fingerprint density at radius 2 is 1.77 bits per heavy atom. The zero-order valence-corrected chi connectivity index (χ0v) is 27.5. The molecule has 1 atom stereocenters. The first-order valence-electron chi connectivity index (χ1n) is 15.8. The van der Waals surface area contributed by atoms with Gasteiger partial charge in [0.15, 0.2) is 0 Å². The molecular formula is C35H45ClFN5OS. The summed E-state index contributed by atoms with van der Waals surface area (Å²) in [6.45, 7) is 8.66. The number of piperidine rings is 1. The van der Waals surface area contributed by atoms with Crippen molar-refractivity contribution in [1.82, 2.24) is 14.7 Å². The molecule has 2 fully saturated rings. The molecule has 2 heterocycles. The van der Waals surface area contributed by atoms with Gasteiger partial charge in [-0.05, 0) is 103 Å². The maximum atomic E-state index is 13.8.